The lowest BCUT2D eigenvalue weighted by molar-refractivity contribution is -0.153. The molecule has 0 aliphatic carbocycles. The summed E-state index contributed by atoms with van der Waals surface area (Å²) in [6.45, 7) is 11.2. The number of guanidine groups is 1. The zero-order chi connectivity index (χ0) is 22.0. The molecule has 6 nitrogen and oxygen atoms in total. The maximum Gasteiger partial charge on any atom is 0.422 e. The van der Waals surface area contributed by atoms with Gasteiger partial charge in [-0.1, -0.05) is 26.0 Å². The van der Waals surface area contributed by atoms with Gasteiger partial charge >= 0.3 is 6.18 Å². The van der Waals surface area contributed by atoms with Gasteiger partial charge in [0.2, 0.25) is 0 Å². The molecule has 30 heavy (non-hydrogen) atoms. The summed E-state index contributed by atoms with van der Waals surface area (Å²) in [6, 6.07) is 6.56. The van der Waals surface area contributed by atoms with Crippen LogP contribution in [0.1, 0.15) is 19.4 Å². The average Bonchev–Trinajstić information content (AvgIpc) is 2.73. The summed E-state index contributed by atoms with van der Waals surface area (Å²) in [5, 5.41) is 6.58. The van der Waals surface area contributed by atoms with Crippen LogP contribution >= 0.6 is 0 Å². The van der Waals surface area contributed by atoms with Crippen LogP contribution in [0.3, 0.4) is 0 Å². The van der Waals surface area contributed by atoms with E-state index in [0.29, 0.717) is 18.4 Å². The molecule has 0 spiro atoms. The first-order valence-electron chi connectivity index (χ1n) is 10.5. The van der Waals surface area contributed by atoms with Gasteiger partial charge in [-0.15, -0.1) is 0 Å². The van der Waals surface area contributed by atoms with Crippen LogP contribution in [0.15, 0.2) is 29.3 Å². The van der Waals surface area contributed by atoms with E-state index < -0.39 is 12.8 Å². The molecule has 1 saturated heterocycles. The second-order valence-electron chi connectivity index (χ2n) is 7.69. The van der Waals surface area contributed by atoms with Gasteiger partial charge in [-0.2, -0.15) is 13.2 Å². The molecule has 170 valence electrons. The Kier molecular flexibility index (Phi) is 9.71. The number of aliphatic imine (C=N–C) groups is 1. The molecule has 1 aliphatic heterocycles. The predicted molar refractivity (Wildman–Crippen MR) is 114 cm³/mol. The quantitative estimate of drug-likeness (QED) is 0.467. The highest BCUT2D eigenvalue weighted by Gasteiger charge is 2.28. The molecule has 1 heterocycles. The molecule has 1 fully saturated rings. The molecule has 0 radical (unpaired) electrons. The lowest BCUT2D eigenvalue weighted by Crippen LogP contribution is -2.48. The van der Waals surface area contributed by atoms with Crippen LogP contribution in [-0.4, -0.2) is 81.4 Å². The van der Waals surface area contributed by atoms with Crippen molar-refractivity contribution in [1.82, 2.24) is 20.4 Å². The number of piperazine rings is 1. The zero-order valence-corrected chi connectivity index (χ0v) is 18.1. The van der Waals surface area contributed by atoms with Crippen LogP contribution in [0, 0.1) is 5.92 Å². The molecular formula is C21H34F3N5O. The van der Waals surface area contributed by atoms with Crippen LogP contribution in [0.2, 0.25) is 0 Å². The number of nitrogens with one attached hydrogen (secondary N) is 2. The summed E-state index contributed by atoms with van der Waals surface area (Å²) in [7, 11) is 1.72. The fraction of sp³-hybridized carbons (Fsp3) is 0.667. The molecule has 1 unspecified atom stereocenters. The number of halogens is 3. The van der Waals surface area contributed by atoms with E-state index in [0.717, 1.165) is 51.4 Å². The number of ether oxygens (including phenoxy) is 1. The number of benzene rings is 1. The first-order chi connectivity index (χ1) is 14.3. The molecule has 9 heteroatoms. The number of nitrogens with zero attached hydrogens (tertiary/aromatic N) is 3. The third kappa shape index (κ3) is 9.21. The normalized spacial score (nSPS) is 17.6. The summed E-state index contributed by atoms with van der Waals surface area (Å²) in [5.41, 5.74) is 0.930. The maximum absolute atomic E-state index is 12.2. The van der Waals surface area contributed by atoms with Crippen molar-refractivity contribution < 1.29 is 17.9 Å². The Morgan fingerprint density at radius 3 is 2.30 bits per heavy atom. The van der Waals surface area contributed by atoms with Crippen LogP contribution in [-0.2, 0) is 6.54 Å². The Balaban J connectivity index is 1.68. The first-order valence-corrected chi connectivity index (χ1v) is 10.5. The van der Waals surface area contributed by atoms with Crippen LogP contribution in [0.4, 0.5) is 13.2 Å². The first kappa shape index (κ1) is 24.3. The van der Waals surface area contributed by atoms with Crippen LogP contribution < -0.4 is 15.4 Å². The van der Waals surface area contributed by atoms with Crippen molar-refractivity contribution in [2.75, 3.05) is 59.5 Å². The molecule has 0 amide bonds. The molecule has 1 atom stereocenters. The van der Waals surface area contributed by atoms with Crippen molar-refractivity contribution >= 4 is 5.96 Å². The summed E-state index contributed by atoms with van der Waals surface area (Å²) in [5.74, 6) is 1.39. The molecule has 0 saturated carbocycles. The Morgan fingerprint density at radius 2 is 1.73 bits per heavy atom. The van der Waals surface area contributed by atoms with Crippen molar-refractivity contribution in [3.63, 3.8) is 0 Å². The largest absolute Gasteiger partial charge is 0.484 e. The second-order valence-corrected chi connectivity index (χ2v) is 7.69. The van der Waals surface area contributed by atoms with Gasteiger partial charge in [-0.3, -0.25) is 4.99 Å². The van der Waals surface area contributed by atoms with E-state index in [-0.39, 0.29) is 5.75 Å². The van der Waals surface area contributed by atoms with Gasteiger partial charge in [0, 0.05) is 52.9 Å². The van der Waals surface area contributed by atoms with Crippen LogP contribution in [0.5, 0.6) is 5.75 Å². The number of hydrogen-bond donors (Lipinski definition) is 2. The second kappa shape index (κ2) is 12.0. The smallest absolute Gasteiger partial charge is 0.422 e. The highest BCUT2D eigenvalue weighted by molar-refractivity contribution is 5.79. The van der Waals surface area contributed by atoms with Gasteiger partial charge in [-0.05, 0) is 30.2 Å². The predicted octanol–water partition coefficient (Wildman–Crippen LogP) is 2.57. The minimum atomic E-state index is -4.33. The Morgan fingerprint density at radius 1 is 1.10 bits per heavy atom. The van der Waals surface area contributed by atoms with E-state index in [4.69, 9.17) is 4.74 Å². The van der Waals surface area contributed by atoms with E-state index in [1.807, 2.05) is 0 Å². The maximum atomic E-state index is 12.2. The number of likely N-dealkylation sites (N-methyl/N-ethyl adjacent to an activating group) is 1. The summed E-state index contributed by atoms with van der Waals surface area (Å²) >= 11 is 0. The topological polar surface area (TPSA) is 52.1 Å². The van der Waals surface area contributed by atoms with Gasteiger partial charge in [0.15, 0.2) is 12.6 Å². The average molecular weight is 430 g/mol. The standard InChI is InChI=1S/C21H34F3N5O/c1-4-28-9-11-29(12-10-28)15-17(2)13-26-20(25-3)27-14-18-5-7-19(8-6-18)30-16-21(22,23)24/h5-8,17H,4,9-16H2,1-3H3,(H2,25,26,27). The molecule has 2 rings (SSSR count). The Hall–Kier alpha value is -2.00. The van der Waals surface area contributed by atoms with Crippen molar-refractivity contribution in [1.29, 1.82) is 0 Å². The van der Waals surface area contributed by atoms with Gasteiger partial charge in [-0.25, -0.2) is 0 Å². The van der Waals surface area contributed by atoms with Crippen molar-refractivity contribution in [3.05, 3.63) is 29.8 Å². The van der Waals surface area contributed by atoms with Gasteiger partial charge in [0.1, 0.15) is 5.75 Å². The fourth-order valence-electron chi connectivity index (χ4n) is 3.34. The van der Waals surface area contributed by atoms with Crippen molar-refractivity contribution in [3.8, 4) is 5.75 Å². The van der Waals surface area contributed by atoms with Crippen LogP contribution in [0.25, 0.3) is 0 Å². The van der Waals surface area contributed by atoms with E-state index >= 15 is 0 Å². The summed E-state index contributed by atoms with van der Waals surface area (Å²) in [6.07, 6.45) is -4.33. The fourth-order valence-corrected chi connectivity index (χ4v) is 3.34. The van der Waals surface area contributed by atoms with Gasteiger partial charge < -0.3 is 25.2 Å². The van der Waals surface area contributed by atoms with Gasteiger partial charge in [0.25, 0.3) is 0 Å². The minimum absolute atomic E-state index is 0.201. The molecule has 1 aromatic carbocycles. The lowest BCUT2D eigenvalue weighted by atomic mass is 10.1. The summed E-state index contributed by atoms with van der Waals surface area (Å²) < 4.78 is 41.3. The van der Waals surface area contributed by atoms with Crippen molar-refractivity contribution in [2.24, 2.45) is 10.9 Å². The number of hydrogen-bond acceptors (Lipinski definition) is 4. The number of rotatable bonds is 9. The van der Waals surface area contributed by atoms with Crippen molar-refractivity contribution in [2.45, 2.75) is 26.6 Å². The lowest BCUT2D eigenvalue weighted by Gasteiger charge is -2.35. The molecule has 1 aromatic rings. The zero-order valence-electron chi connectivity index (χ0n) is 18.1. The minimum Gasteiger partial charge on any atom is -0.484 e. The molecule has 2 N–H and O–H groups in total. The van der Waals surface area contributed by atoms with E-state index in [2.05, 4.69) is 39.3 Å². The molecular weight excluding hydrogens is 395 g/mol. The van der Waals surface area contributed by atoms with Gasteiger partial charge in [0.05, 0.1) is 0 Å². The van der Waals surface area contributed by atoms with E-state index in [9.17, 15) is 13.2 Å². The molecule has 0 bridgehead atoms. The number of alkyl halides is 3. The molecule has 0 aromatic heterocycles. The third-order valence-electron chi connectivity index (χ3n) is 5.11. The SMILES string of the molecule is CCN1CCN(CC(C)CNC(=NC)NCc2ccc(OCC(F)(F)F)cc2)CC1. The summed E-state index contributed by atoms with van der Waals surface area (Å²) in [4.78, 5) is 9.22. The highest BCUT2D eigenvalue weighted by atomic mass is 19.4. The Bertz CT molecular complexity index is 643. The van der Waals surface area contributed by atoms with E-state index in [1.54, 1.807) is 31.3 Å². The van der Waals surface area contributed by atoms with E-state index in [1.165, 1.54) is 0 Å². The Labute approximate surface area is 177 Å². The monoisotopic (exact) mass is 429 g/mol. The third-order valence-corrected chi connectivity index (χ3v) is 5.11. The highest BCUT2D eigenvalue weighted by Crippen LogP contribution is 2.18. The molecule has 1 aliphatic rings.